The molecule has 0 aliphatic carbocycles. The summed E-state index contributed by atoms with van der Waals surface area (Å²) in [6.45, 7) is 15.1. The van der Waals surface area contributed by atoms with Crippen LogP contribution in [0.15, 0.2) is 6.20 Å². The molecule has 164 valence electrons. The zero-order chi connectivity index (χ0) is 22.5. The lowest BCUT2D eigenvalue weighted by atomic mass is 10.2. The van der Waals surface area contributed by atoms with Gasteiger partial charge in [-0.1, -0.05) is 5.92 Å². The van der Waals surface area contributed by atoms with Crippen molar-refractivity contribution in [1.82, 2.24) is 15.3 Å². The standard InChI is InChI=1S/C21H31N5O4/c1-8-9-15-17(23-14-16(24-15)25-12-10-22-11-13-25)26(18(27)29-20(2,3)4)19(28)30-21(5,6)7/h14,22H,10-13H2,1-7H3. The summed E-state index contributed by atoms with van der Waals surface area (Å²) in [7, 11) is 0. The highest BCUT2D eigenvalue weighted by atomic mass is 16.6. The number of nitrogens with one attached hydrogen (secondary N) is 1. The minimum Gasteiger partial charge on any atom is -0.443 e. The van der Waals surface area contributed by atoms with Crippen molar-refractivity contribution in [3.05, 3.63) is 11.9 Å². The van der Waals surface area contributed by atoms with Crippen molar-refractivity contribution in [2.45, 2.75) is 59.7 Å². The van der Waals surface area contributed by atoms with Gasteiger partial charge in [0, 0.05) is 26.2 Å². The number of carbonyl (C=O) groups excluding carboxylic acids is 2. The van der Waals surface area contributed by atoms with E-state index in [-0.39, 0.29) is 11.5 Å². The lowest BCUT2D eigenvalue weighted by Crippen LogP contribution is -2.45. The molecule has 9 nitrogen and oxygen atoms in total. The molecule has 1 aromatic heterocycles. The fraction of sp³-hybridized carbons (Fsp3) is 0.619. The van der Waals surface area contributed by atoms with E-state index in [1.807, 2.05) is 0 Å². The first-order valence-electron chi connectivity index (χ1n) is 9.93. The maximum Gasteiger partial charge on any atom is 0.425 e. The van der Waals surface area contributed by atoms with Crippen molar-refractivity contribution < 1.29 is 19.1 Å². The summed E-state index contributed by atoms with van der Waals surface area (Å²) in [5, 5.41) is 3.28. The molecule has 9 heteroatoms. The molecule has 2 amide bonds. The number of carbonyl (C=O) groups is 2. The molecule has 2 rings (SSSR count). The van der Waals surface area contributed by atoms with Crippen LogP contribution in [0, 0.1) is 11.8 Å². The predicted octanol–water partition coefficient (Wildman–Crippen LogP) is 2.93. The van der Waals surface area contributed by atoms with Crippen molar-refractivity contribution >= 4 is 23.8 Å². The van der Waals surface area contributed by atoms with E-state index in [1.54, 1.807) is 48.5 Å². The Morgan fingerprint density at radius 2 is 1.60 bits per heavy atom. The van der Waals surface area contributed by atoms with Crippen molar-refractivity contribution in [2.75, 3.05) is 36.0 Å². The number of aromatic nitrogens is 2. The Labute approximate surface area is 178 Å². The van der Waals surface area contributed by atoms with Gasteiger partial charge >= 0.3 is 12.2 Å². The number of anilines is 2. The lowest BCUT2D eigenvalue weighted by molar-refractivity contribution is 0.0428. The number of piperazine rings is 1. The number of nitrogens with zero attached hydrogens (tertiary/aromatic N) is 4. The van der Waals surface area contributed by atoms with Crippen LogP contribution in [0.1, 0.15) is 54.2 Å². The normalized spacial score (nSPS) is 14.4. The third-order valence-electron chi connectivity index (χ3n) is 3.79. The first-order valence-corrected chi connectivity index (χ1v) is 9.93. The maximum atomic E-state index is 12.9. The largest absolute Gasteiger partial charge is 0.443 e. The van der Waals surface area contributed by atoms with Gasteiger partial charge in [0.2, 0.25) is 0 Å². The molecule has 2 heterocycles. The number of rotatable bonds is 2. The van der Waals surface area contributed by atoms with Crippen LogP contribution in [-0.2, 0) is 9.47 Å². The number of ether oxygens (including phenoxy) is 2. The second-order valence-corrected chi connectivity index (χ2v) is 8.81. The molecule has 0 spiro atoms. The van der Waals surface area contributed by atoms with Gasteiger partial charge < -0.3 is 19.7 Å². The number of amides is 2. The summed E-state index contributed by atoms with van der Waals surface area (Å²) in [6.07, 6.45) is -0.274. The fourth-order valence-electron chi connectivity index (χ4n) is 2.65. The molecule has 1 aliphatic rings. The zero-order valence-electron chi connectivity index (χ0n) is 18.8. The van der Waals surface area contributed by atoms with Gasteiger partial charge in [-0.15, -0.1) is 0 Å². The van der Waals surface area contributed by atoms with Crippen molar-refractivity contribution in [3.63, 3.8) is 0 Å². The van der Waals surface area contributed by atoms with Crippen molar-refractivity contribution in [1.29, 1.82) is 0 Å². The lowest BCUT2D eigenvalue weighted by Gasteiger charge is -2.30. The van der Waals surface area contributed by atoms with Crippen LogP contribution in [0.2, 0.25) is 0 Å². The van der Waals surface area contributed by atoms with Gasteiger partial charge in [-0.05, 0) is 54.4 Å². The van der Waals surface area contributed by atoms with E-state index in [4.69, 9.17) is 9.47 Å². The smallest absolute Gasteiger partial charge is 0.425 e. The van der Waals surface area contributed by atoms with E-state index < -0.39 is 23.4 Å². The average Bonchev–Trinajstić information content (AvgIpc) is 2.61. The Kier molecular flexibility index (Phi) is 7.26. The summed E-state index contributed by atoms with van der Waals surface area (Å²) >= 11 is 0. The molecule has 0 unspecified atom stereocenters. The minimum absolute atomic E-state index is 0.0215. The van der Waals surface area contributed by atoms with Gasteiger partial charge in [-0.2, -0.15) is 4.90 Å². The number of imide groups is 1. The van der Waals surface area contributed by atoms with Gasteiger partial charge in [0.25, 0.3) is 0 Å². The first kappa shape index (κ1) is 23.4. The van der Waals surface area contributed by atoms with Crippen LogP contribution in [0.3, 0.4) is 0 Å². The van der Waals surface area contributed by atoms with Crippen LogP contribution < -0.4 is 15.1 Å². The van der Waals surface area contributed by atoms with Gasteiger partial charge in [-0.3, -0.25) is 0 Å². The topological polar surface area (TPSA) is 96.9 Å². The minimum atomic E-state index is -0.903. The molecule has 30 heavy (non-hydrogen) atoms. The van der Waals surface area contributed by atoms with Gasteiger partial charge in [-0.25, -0.2) is 19.6 Å². The molecular formula is C21H31N5O4. The number of hydrogen-bond acceptors (Lipinski definition) is 8. The highest BCUT2D eigenvalue weighted by Crippen LogP contribution is 2.24. The first-order chi connectivity index (χ1) is 13.9. The Balaban J connectivity index is 2.50. The number of hydrogen-bond donors (Lipinski definition) is 1. The Morgan fingerprint density at radius 1 is 1.07 bits per heavy atom. The van der Waals surface area contributed by atoms with Gasteiger partial charge in [0.05, 0.1) is 6.20 Å². The van der Waals surface area contributed by atoms with Gasteiger partial charge in [0.15, 0.2) is 11.5 Å². The van der Waals surface area contributed by atoms with E-state index in [1.165, 1.54) is 6.20 Å². The van der Waals surface area contributed by atoms with E-state index in [9.17, 15) is 9.59 Å². The molecule has 1 aliphatic heterocycles. The summed E-state index contributed by atoms with van der Waals surface area (Å²) in [5.74, 6) is 6.23. The van der Waals surface area contributed by atoms with Crippen LogP contribution in [0.25, 0.3) is 0 Å². The highest BCUT2D eigenvalue weighted by Gasteiger charge is 2.35. The predicted molar refractivity (Wildman–Crippen MR) is 115 cm³/mol. The monoisotopic (exact) mass is 417 g/mol. The molecule has 1 saturated heterocycles. The quantitative estimate of drug-likeness (QED) is 0.734. The second kappa shape index (κ2) is 9.30. The summed E-state index contributed by atoms with van der Waals surface area (Å²) in [6, 6.07) is 0. The van der Waals surface area contributed by atoms with Crippen LogP contribution >= 0.6 is 0 Å². The summed E-state index contributed by atoms with van der Waals surface area (Å²) in [5.41, 5.74) is -1.44. The molecule has 1 aromatic rings. The van der Waals surface area contributed by atoms with E-state index in [0.29, 0.717) is 5.82 Å². The molecule has 0 bridgehead atoms. The molecule has 0 atom stereocenters. The maximum absolute atomic E-state index is 12.9. The highest BCUT2D eigenvalue weighted by molar-refractivity contribution is 6.09. The second-order valence-electron chi connectivity index (χ2n) is 8.81. The third kappa shape index (κ3) is 6.59. The Bertz CT molecular complexity index is 812. The van der Waals surface area contributed by atoms with Crippen LogP contribution in [0.5, 0.6) is 0 Å². The Morgan fingerprint density at radius 3 is 2.07 bits per heavy atom. The summed E-state index contributed by atoms with van der Waals surface area (Å²) in [4.78, 5) is 37.6. The van der Waals surface area contributed by atoms with Crippen molar-refractivity contribution in [2.24, 2.45) is 0 Å². The average molecular weight is 418 g/mol. The van der Waals surface area contributed by atoms with E-state index in [2.05, 4.69) is 32.0 Å². The third-order valence-corrected chi connectivity index (χ3v) is 3.79. The molecule has 1 fully saturated rings. The van der Waals surface area contributed by atoms with E-state index >= 15 is 0 Å². The van der Waals surface area contributed by atoms with Crippen LogP contribution in [0.4, 0.5) is 21.2 Å². The van der Waals surface area contributed by atoms with Crippen LogP contribution in [-0.4, -0.2) is 59.5 Å². The zero-order valence-corrected chi connectivity index (χ0v) is 18.8. The Hall–Kier alpha value is -2.86. The van der Waals surface area contributed by atoms with Crippen molar-refractivity contribution in [3.8, 4) is 11.8 Å². The summed E-state index contributed by atoms with van der Waals surface area (Å²) < 4.78 is 10.8. The SMILES string of the molecule is CC#Cc1nc(N2CCNCC2)cnc1N(C(=O)OC(C)(C)C)C(=O)OC(C)(C)C. The van der Waals surface area contributed by atoms with E-state index in [0.717, 1.165) is 31.1 Å². The molecule has 1 N–H and O–H groups in total. The molecule has 0 radical (unpaired) electrons. The molecule has 0 aromatic carbocycles. The molecular weight excluding hydrogens is 386 g/mol. The molecule has 0 saturated carbocycles. The fourth-order valence-corrected chi connectivity index (χ4v) is 2.65. The van der Waals surface area contributed by atoms with Gasteiger partial charge in [0.1, 0.15) is 17.0 Å².